The standard InChI is InChI=1S/C19H22F3N3/c1-3-12-10-18(2,11-12)19(21,22)17-23-16-14(20)9-15(25(16)24-17)13-7-5-4-6-8-13/h4-8,12,14-15H,3,9-11H2,1-2H3/t12?,14-,15-,18?/m0/s1. The lowest BCUT2D eigenvalue weighted by Gasteiger charge is -2.48. The first-order chi connectivity index (χ1) is 11.9. The quantitative estimate of drug-likeness (QED) is 0.759. The summed E-state index contributed by atoms with van der Waals surface area (Å²) in [5, 5.41) is 4.09. The van der Waals surface area contributed by atoms with Crippen molar-refractivity contribution in [3.8, 4) is 0 Å². The monoisotopic (exact) mass is 349 g/mol. The van der Waals surface area contributed by atoms with Crippen molar-refractivity contribution in [1.29, 1.82) is 0 Å². The SMILES string of the molecule is CCC1CC(C)(C(F)(F)c2nc3n(n2)[C@H](c2ccccc2)C[C@@H]3F)C1. The van der Waals surface area contributed by atoms with Gasteiger partial charge in [-0.25, -0.2) is 14.1 Å². The molecule has 6 heteroatoms. The van der Waals surface area contributed by atoms with Crippen molar-refractivity contribution < 1.29 is 13.2 Å². The summed E-state index contributed by atoms with van der Waals surface area (Å²) in [6.45, 7) is 3.61. The molecule has 1 aliphatic carbocycles. The first-order valence-corrected chi connectivity index (χ1v) is 8.89. The molecule has 134 valence electrons. The predicted octanol–water partition coefficient (Wildman–Crippen LogP) is 5.20. The van der Waals surface area contributed by atoms with E-state index in [1.54, 1.807) is 6.92 Å². The number of fused-ring (bicyclic) bond motifs is 1. The number of halogens is 3. The van der Waals surface area contributed by atoms with Crippen LogP contribution in [-0.2, 0) is 5.92 Å². The van der Waals surface area contributed by atoms with Gasteiger partial charge >= 0.3 is 5.92 Å². The van der Waals surface area contributed by atoms with Gasteiger partial charge in [0.25, 0.3) is 0 Å². The number of alkyl halides is 3. The predicted molar refractivity (Wildman–Crippen MR) is 88.1 cm³/mol. The van der Waals surface area contributed by atoms with Gasteiger partial charge in [-0.2, -0.15) is 8.78 Å². The lowest BCUT2D eigenvalue weighted by molar-refractivity contribution is -0.185. The fraction of sp³-hybridized carbons (Fsp3) is 0.579. The summed E-state index contributed by atoms with van der Waals surface area (Å²) >= 11 is 0. The van der Waals surface area contributed by atoms with Crippen LogP contribution in [0.2, 0.25) is 0 Å². The first kappa shape index (κ1) is 16.6. The van der Waals surface area contributed by atoms with E-state index in [1.165, 1.54) is 4.68 Å². The van der Waals surface area contributed by atoms with Crippen LogP contribution in [0.4, 0.5) is 13.2 Å². The van der Waals surface area contributed by atoms with E-state index in [4.69, 9.17) is 0 Å². The third-order valence-electron chi connectivity index (χ3n) is 5.94. The Labute approximate surface area is 145 Å². The van der Waals surface area contributed by atoms with Crippen LogP contribution in [0.1, 0.15) is 69.0 Å². The molecule has 1 aromatic heterocycles. The molecular formula is C19H22F3N3. The normalized spacial score (nSPS) is 31.6. The van der Waals surface area contributed by atoms with Gasteiger partial charge in [-0.1, -0.05) is 50.6 Å². The van der Waals surface area contributed by atoms with Crippen molar-refractivity contribution >= 4 is 0 Å². The largest absolute Gasteiger partial charge is 0.313 e. The minimum atomic E-state index is -3.14. The molecule has 1 saturated carbocycles. The van der Waals surface area contributed by atoms with E-state index in [2.05, 4.69) is 10.1 Å². The average molecular weight is 349 g/mol. The molecule has 1 aromatic carbocycles. The Morgan fingerprint density at radius 2 is 1.92 bits per heavy atom. The van der Waals surface area contributed by atoms with Gasteiger partial charge in [0.15, 0.2) is 12.0 Å². The Bertz CT molecular complexity index is 765. The van der Waals surface area contributed by atoms with Crippen LogP contribution in [0.25, 0.3) is 0 Å². The molecule has 0 unspecified atom stereocenters. The molecule has 0 saturated heterocycles. The van der Waals surface area contributed by atoms with E-state index in [0.29, 0.717) is 18.8 Å². The molecule has 2 aromatic rings. The summed E-state index contributed by atoms with van der Waals surface area (Å²) < 4.78 is 45.8. The van der Waals surface area contributed by atoms with Gasteiger partial charge in [-0.15, -0.1) is 5.10 Å². The van der Waals surface area contributed by atoms with E-state index < -0.39 is 23.3 Å². The molecule has 4 rings (SSSR count). The molecule has 2 aliphatic rings. The number of rotatable bonds is 4. The summed E-state index contributed by atoms with van der Waals surface area (Å²) in [7, 11) is 0. The van der Waals surface area contributed by atoms with E-state index in [1.807, 2.05) is 37.3 Å². The van der Waals surface area contributed by atoms with Crippen LogP contribution in [0, 0.1) is 11.3 Å². The Morgan fingerprint density at radius 3 is 2.56 bits per heavy atom. The number of nitrogens with zero attached hydrogens (tertiary/aromatic N) is 3. The second kappa shape index (κ2) is 5.58. The maximum absolute atomic E-state index is 15.0. The van der Waals surface area contributed by atoms with Crippen LogP contribution >= 0.6 is 0 Å². The highest BCUT2D eigenvalue weighted by Gasteiger charge is 2.60. The van der Waals surface area contributed by atoms with Crippen molar-refractivity contribution in [1.82, 2.24) is 14.8 Å². The van der Waals surface area contributed by atoms with Gasteiger partial charge in [0.1, 0.15) is 0 Å². The molecule has 0 bridgehead atoms. The Balaban J connectivity index is 1.67. The molecule has 0 amide bonds. The number of benzene rings is 1. The minimum absolute atomic E-state index is 0.0264. The van der Waals surface area contributed by atoms with Crippen LogP contribution in [0.15, 0.2) is 30.3 Å². The summed E-state index contributed by atoms with van der Waals surface area (Å²) in [5.41, 5.74) is -0.269. The maximum atomic E-state index is 15.0. The zero-order chi connectivity index (χ0) is 17.8. The molecule has 2 atom stereocenters. The minimum Gasteiger partial charge on any atom is -0.239 e. The second-order valence-electron chi connectivity index (χ2n) is 7.69. The zero-order valence-corrected chi connectivity index (χ0v) is 14.4. The van der Waals surface area contributed by atoms with Crippen LogP contribution in [-0.4, -0.2) is 14.8 Å². The highest BCUT2D eigenvalue weighted by atomic mass is 19.3. The number of hydrogen-bond donors (Lipinski definition) is 0. The highest BCUT2D eigenvalue weighted by Crippen LogP contribution is 2.59. The lowest BCUT2D eigenvalue weighted by Crippen LogP contribution is -2.47. The molecule has 0 spiro atoms. The van der Waals surface area contributed by atoms with E-state index in [0.717, 1.165) is 12.0 Å². The molecule has 1 aliphatic heterocycles. The van der Waals surface area contributed by atoms with E-state index in [-0.39, 0.29) is 18.3 Å². The van der Waals surface area contributed by atoms with Crippen molar-refractivity contribution in [2.75, 3.05) is 0 Å². The first-order valence-electron chi connectivity index (χ1n) is 8.89. The molecular weight excluding hydrogens is 327 g/mol. The summed E-state index contributed by atoms with van der Waals surface area (Å²) in [4.78, 5) is 3.95. The smallest absolute Gasteiger partial charge is 0.239 e. The summed E-state index contributed by atoms with van der Waals surface area (Å²) in [5.74, 6) is -3.31. The second-order valence-corrected chi connectivity index (χ2v) is 7.69. The van der Waals surface area contributed by atoms with Gasteiger partial charge in [0.2, 0.25) is 5.82 Å². The van der Waals surface area contributed by atoms with Gasteiger partial charge in [-0.05, 0) is 24.3 Å². The topological polar surface area (TPSA) is 30.7 Å². The maximum Gasteiger partial charge on any atom is 0.313 e. The van der Waals surface area contributed by atoms with Crippen molar-refractivity contribution in [3.05, 3.63) is 47.5 Å². The Morgan fingerprint density at radius 1 is 1.24 bits per heavy atom. The Hall–Kier alpha value is -1.85. The molecule has 2 heterocycles. The summed E-state index contributed by atoms with van der Waals surface area (Å²) in [6, 6.07) is 8.94. The molecule has 0 radical (unpaired) electrons. The third-order valence-corrected chi connectivity index (χ3v) is 5.94. The lowest BCUT2D eigenvalue weighted by atomic mass is 9.59. The summed E-state index contributed by atoms with van der Waals surface area (Å²) in [6.07, 6.45) is 0.657. The van der Waals surface area contributed by atoms with Gasteiger partial charge in [-0.3, -0.25) is 0 Å². The van der Waals surface area contributed by atoms with Crippen LogP contribution < -0.4 is 0 Å². The number of hydrogen-bond acceptors (Lipinski definition) is 2. The number of aromatic nitrogens is 3. The molecule has 25 heavy (non-hydrogen) atoms. The zero-order valence-electron chi connectivity index (χ0n) is 14.4. The van der Waals surface area contributed by atoms with E-state index in [9.17, 15) is 4.39 Å². The molecule has 3 nitrogen and oxygen atoms in total. The van der Waals surface area contributed by atoms with E-state index >= 15 is 8.78 Å². The molecule has 1 fully saturated rings. The fourth-order valence-corrected chi connectivity index (χ4v) is 4.29. The fourth-order valence-electron chi connectivity index (χ4n) is 4.29. The van der Waals surface area contributed by atoms with Gasteiger partial charge < -0.3 is 0 Å². The third kappa shape index (κ3) is 2.41. The van der Waals surface area contributed by atoms with Gasteiger partial charge in [0, 0.05) is 11.8 Å². The van der Waals surface area contributed by atoms with Crippen LogP contribution in [0.5, 0.6) is 0 Å². The van der Waals surface area contributed by atoms with Gasteiger partial charge in [0.05, 0.1) is 6.04 Å². The molecule has 0 N–H and O–H groups in total. The highest BCUT2D eigenvalue weighted by molar-refractivity contribution is 5.24. The van der Waals surface area contributed by atoms with Crippen molar-refractivity contribution in [2.45, 2.75) is 57.7 Å². The van der Waals surface area contributed by atoms with Crippen molar-refractivity contribution in [3.63, 3.8) is 0 Å². The average Bonchev–Trinajstić information content (AvgIpc) is 3.14. The Kier molecular flexibility index (Phi) is 3.71. The van der Waals surface area contributed by atoms with Crippen molar-refractivity contribution in [2.24, 2.45) is 11.3 Å². The van der Waals surface area contributed by atoms with Crippen LogP contribution in [0.3, 0.4) is 0 Å².